The first-order valence-corrected chi connectivity index (χ1v) is 5.37. The predicted molar refractivity (Wildman–Crippen MR) is 56.2 cm³/mol. The predicted octanol–water partition coefficient (Wildman–Crippen LogP) is 1.51. The molecule has 1 aliphatic carbocycles. The van der Waals surface area contributed by atoms with E-state index in [-0.39, 0.29) is 12.2 Å². The summed E-state index contributed by atoms with van der Waals surface area (Å²) in [6.07, 6.45) is 5.36. The van der Waals surface area contributed by atoms with Crippen molar-refractivity contribution in [3.05, 3.63) is 18.2 Å². The van der Waals surface area contributed by atoms with Gasteiger partial charge in [0.25, 0.3) is 0 Å². The molecule has 1 aromatic heterocycles. The Bertz CT molecular complexity index is 421. The maximum Gasteiger partial charge on any atom is 0.306 e. The molecule has 0 saturated heterocycles. The number of hydrogen-bond acceptors (Lipinski definition) is 3. The zero-order chi connectivity index (χ0) is 11.7. The molecule has 5 heteroatoms. The molecule has 0 spiro atoms. The van der Waals surface area contributed by atoms with Crippen LogP contribution in [0.4, 0.5) is 0 Å². The van der Waals surface area contributed by atoms with Crippen LogP contribution in [0, 0.1) is 5.92 Å². The third-order valence-corrected chi connectivity index (χ3v) is 2.81. The van der Waals surface area contributed by atoms with Gasteiger partial charge in [-0.15, -0.1) is 0 Å². The quantitative estimate of drug-likeness (QED) is 0.766. The Hall–Kier alpha value is -1.65. The molecule has 1 heterocycles. The number of hydrogen-bond donors (Lipinski definition) is 1. The second-order valence-electron chi connectivity index (χ2n) is 4.28. The van der Waals surface area contributed by atoms with Crippen LogP contribution < -0.4 is 0 Å². The zero-order valence-electron chi connectivity index (χ0n) is 9.09. The van der Waals surface area contributed by atoms with Crippen molar-refractivity contribution in [2.45, 2.75) is 32.2 Å². The van der Waals surface area contributed by atoms with Crippen LogP contribution in [-0.4, -0.2) is 26.4 Å². The summed E-state index contributed by atoms with van der Waals surface area (Å²) < 4.78 is 1.86. The summed E-state index contributed by atoms with van der Waals surface area (Å²) in [6, 6.07) is 0.390. The van der Waals surface area contributed by atoms with Gasteiger partial charge >= 0.3 is 5.97 Å². The molecular formula is C11H14N2O3. The van der Waals surface area contributed by atoms with Crippen molar-refractivity contribution >= 4 is 11.8 Å². The van der Waals surface area contributed by atoms with Crippen LogP contribution in [0.2, 0.25) is 0 Å². The molecule has 1 atom stereocenters. The summed E-state index contributed by atoms with van der Waals surface area (Å²) in [5, 5.41) is 8.74. The minimum absolute atomic E-state index is 0.0355. The molecular weight excluding hydrogens is 208 g/mol. The summed E-state index contributed by atoms with van der Waals surface area (Å²) in [5.74, 6) is -1.72. The molecule has 0 aromatic carbocycles. The number of imidazole rings is 1. The molecule has 0 bridgehead atoms. The van der Waals surface area contributed by atoms with E-state index in [1.54, 1.807) is 6.33 Å². The number of carbonyl (C=O) groups is 2. The number of ketones is 1. The lowest BCUT2D eigenvalue weighted by molar-refractivity contribution is -0.141. The second kappa shape index (κ2) is 4.08. The van der Waals surface area contributed by atoms with E-state index in [1.165, 1.54) is 13.1 Å². The van der Waals surface area contributed by atoms with Gasteiger partial charge in [-0.1, -0.05) is 6.92 Å². The van der Waals surface area contributed by atoms with E-state index in [0.717, 1.165) is 12.8 Å². The fourth-order valence-electron chi connectivity index (χ4n) is 1.63. The fourth-order valence-corrected chi connectivity index (χ4v) is 1.63. The number of Topliss-reactive ketones (excluding diaryl/α,β-unsaturated/α-hetero) is 1. The van der Waals surface area contributed by atoms with Crippen molar-refractivity contribution in [3.8, 4) is 0 Å². The Morgan fingerprint density at radius 3 is 2.88 bits per heavy atom. The highest BCUT2D eigenvalue weighted by atomic mass is 16.4. The molecule has 86 valence electrons. The van der Waals surface area contributed by atoms with Crippen molar-refractivity contribution in [1.29, 1.82) is 0 Å². The molecule has 0 amide bonds. The molecule has 1 fully saturated rings. The van der Waals surface area contributed by atoms with Crippen LogP contribution in [0.3, 0.4) is 0 Å². The average molecular weight is 222 g/mol. The van der Waals surface area contributed by atoms with Gasteiger partial charge in [0.2, 0.25) is 0 Å². The first-order chi connectivity index (χ1) is 7.59. The van der Waals surface area contributed by atoms with Crippen LogP contribution in [0.25, 0.3) is 0 Å². The number of nitrogens with zero attached hydrogens (tertiary/aromatic N) is 2. The Morgan fingerprint density at radius 1 is 1.62 bits per heavy atom. The first-order valence-electron chi connectivity index (χ1n) is 5.37. The molecule has 1 aromatic rings. The Balaban J connectivity index is 2.08. The van der Waals surface area contributed by atoms with E-state index >= 15 is 0 Å². The molecule has 0 aliphatic heterocycles. The van der Waals surface area contributed by atoms with Gasteiger partial charge in [-0.25, -0.2) is 4.98 Å². The second-order valence-corrected chi connectivity index (χ2v) is 4.28. The Labute approximate surface area is 93.1 Å². The number of carboxylic acids is 1. The van der Waals surface area contributed by atoms with Gasteiger partial charge in [-0.3, -0.25) is 9.59 Å². The smallest absolute Gasteiger partial charge is 0.306 e. The largest absolute Gasteiger partial charge is 0.481 e. The highest BCUT2D eigenvalue weighted by Gasteiger charge is 2.28. The van der Waals surface area contributed by atoms with Crippen molar-refractivity contribution < 1.29 is 14.7 Å². The number of carboxylic acid groups (broad SMARTS) is 1. The van der Waals surface area contributed by atoms with E-state index in [0.29, 0.717) is 11.7 Å². The minimum atomic E-state index is -0.939. The minimum Gasteiger partial charge on any atom is -0.481 e. The standard InChI is InChI=1S/C11H14N2O3/c1-7(11(15)16)4-10(14)9-5-12-6-13(9)8-2-3-8/h5-8H,2-4H2,1H3,(H,15,16). The lowest BCUT2D eigenvalue weighted by Gasteiger charge is -2.07. The summed E-state index contributed by atoms with van der Waals surface area (Å²) in [6.45, 7) is 1.54. The van der Waals surface area contributed by atoms with Crippen LogP contribution in [0.15, 0.2) is 12.5 Å². The van der Waals surface area contributed by atoms with Gasteiger partial charge in [0.1, 0.15) is 5.69 Å². The van der Waals surface area contributed by atoms with Crippen molar-refractivity contribution in [3.63, 3.8) is 0 Å². The van der Waals surface area contributed by atoms with E-state index in [1.807, 2.05) is 4.57 Å². The average Bonchev–Trinajstić information content (AvgIpc) is 2.95. The summed E-state index contributed by atoms with van der Waals surface area (Å²) in [5.41, 5.74) is 0.538. The van der Waals surface area contributed by atoms with Gasteiger partial charge in [0.05, 0.1) is 18.4 Å². The normalized spacial score (nSPS) is 17.1. The lowest BCUT2D eigenvalue weighted by Crippen LogP contribution is -2.16. The van der Waals surface area contributed by atoms with Crippen LogP contribution in [0.5, 0.6) is 0 Å². The Morgan fingerprint density at radius 2 is 2.31 bits per heavy atom. The summed E-state index contributed by atoms with van der Waals surface area (Å²) in [7, 11) is 0. The number of carbonyl (C=O) groups excluding carboxylic acids is 1. The molecule has 5 nitrogen and oxygen atoms in total. The first kappa shape index (κ1) is 10.9. The highest BCUT2D eigenvalue weighted by Crippen LogP contribution is 2.35. The zero-order valence-corrected chi connectivity index (χ0v) is 9.09. The number of rotatable bonds is 5. The van der Waals surface area contributed by atoms with Crippen molar-refractivity contribution in [2.24, 2.45) is 5.92 Å². The Kier molecular flexibility index (Phi) is 2.77. The molecule has 16 heavy (non-hydrogen) atoms. The van der Waals surface area contributed by atoms with Gasteiger partial charge in [0, 0.05) is 12.5 Å². The fraction of sp³-hybridized carbons (Fsp3) is 0.545. The van der Waals surface area contributed by atoms with E-state index in [9.17, 15) is 9.59 Å². The molecule has 1 saturated carbocycles. The van der Waals surface area contributed by atoms with Gasteiger partial charge in [0.15, 0.2) is 5.78 Å². The van der Waals surface area contributed by atoms with Crippen molar-refractivity contribution in [2.75, 3.05) is 0 Å². The maximum absolute atomic E-state index is 11.8. The molecule has 1 aliphatic rings. The molecule has 0 radical (unpaired) electrons. The van der Waals surface area contributed by atoms with Crippen LogP contribution in [0.1, 0.15) is 42.7 Å². The maximum atomic E-state index is 11.8. The van der Waals surface area contributed by atoms with Crippen molar-refractivity contribution in [1.82, 2.24) is 9.55 Å². The number of aromatic nitrogens is 2. The van der Waals surface area contributed by atoms with Crippen LogP contribution >= 0.6 is 0 Å². The van der Waals surface area contributed by atoms with E-state index < -0.39 is 11.9 Å². The highest BCUT2D eigenvalue weighted by molar-refractivity contribution is 5.96. The summed E-state index contributed by atoms with van der Waals surface area (Å²) >= 11 is 0. The SMILES string of the molecule is CC(CC(=O)c1cncn1C1CC1)C(=O)O. The molecule has 1 N–H and O–H groups in total. The van der Waals surface area contributed by atoms with Gasteiger partial charge in [-0.05, 0) is 12.8 Å². The third-order valence-electron chi connectivity index (χ3n) is 2.81. The van der Waals surface area contributed by atoms with E-state index in [4.69, 9.17) is 5.11 Å². The monoisotopic (exact) mass is 222 g/mol. The topological polar surface area (TPSA) is 72.2 Å². The van der Waals surface area contributed by atoms with Gasteiger partial charge < -0.3 is 9.67 Å². The lowest BCUT2D eigenvalue weighted by atomic mass is 10.0. The summed E-state index contributed by atoms with van der Waals surface area (Å²) in [4.78, 5) is 26.5. The van der Waals surface area contributed by atoms with E-state index in [2.05, 4.69) is 4.98 Å². The third kappa shape index (κ3) is 2.13. The van der Waals surface area contributed by atoms with Crippen LogP contribution in [-0.2, 0) is 4.79 Å². The van der Waals surface area contributed by atoms with Gasteiger partial charge in [-0.2, -0.15) is 0 Å². The molecule has 1 unspecified atom stereocenters. The molecule has 2 rings (SSSR count). The number of aliphatic carboxylic acids is 1.